The number of amides is 1. The molecule has 1 aliphatic rings. The highest BCUT2D eigenvalue weighted by atomic mass is 16.5. The van der Waals surface area contributed by atoms with Crippen molar-refractivity contribution in [2.75, 3.05) is 42.9 Å². The van der Waals surface area contributed by atoms with Crippen LogP contribution in [0.4, 0.5) is 11.4 Å². The van der Waals surface area contributed by atoms with Crippen molar-refractivity contribution in [1.82, 2.24) is 9.88 Å². The summed E-state index contributed by atoms with van der Waals surface area (Å²) in [7, 11) is 0. The van der Waals surface area contributed by atoms with Gasteiger partial charge in [-0.05, 0) is 67.6 Å². The molecule has 6 heteroatoms. The molecule has 1 fully saturated rings. The SMILES string of the molecule is CCN1CCN(c2ccc(NC(=O)c3ccc(OCc4cccnc4)cc3)c(C)c2)CC1. The highest BCUT2D eigenvalue weighted by molar-refractivity contribution is 6.04. The zero-order valence-electron chi connectivity index (χ0n) is 18.8. The fraction of sp³-hybridized carbons (Fsp3) is 0.308. The lowest BCUT2D eigenvalue weighted by atomic mass is 10.1. The highest BCUT2D eigenvalue weighted by Crippen LogP contribution is 2.24. The standard InChI is InChI=1S/C26H30N4O2/c1-3-29-13-15-30(16-14-29)23-8-11-25(20(2)17-23)28-26(31)22-6-9-24(10-7-22)32-19-21-5-4-12-27-18-21/h4-12,17-18H,3,13-16,19H2,1-2H3,(H,28,31). The Bertz CT molecular complexity index is 1030. The molecule has 2 heterocycles. The van der Waals surface area contributed by atoms with Crippen LogP contribution in [0, 0.1) is 6.92 Å². The van der Waals surface area contributed by atoms with Crippen molar-refractivity contribution in [2.45, 2.75) is 20.5 Å². The highest BCUT2D eigenvalue weighted by Gasteiger charge is 2.17. The minimum Gasteiger partial charge on any atom is -0.489 e. The number of carbonyl (C=O) groups is 1. The van der Waals surface area contributed by atoms with E-state index in [1.807, 2.05) is 37.3 Å². The predicted molar refractivity (Wildman–Crippen MR) is 128 cm³/mol. The summed E-state index contributed by atoms with van der Waals surface area (Å²) in [6.07, 6.45) is 3.51. The molecular formula is C26H30N4O2. The number of ether oxygens (including phenoxy) is 1. The molecule has 4 rings (SSSR count). The molecule has 1 aromatic heterocycles. The van der Waals surface area contributed by atoms with Crippen LogP contribution in [0.1, 0.15) is 28.4 Å². The fourth-order valence-electron chi connectivity index (χ4n) is 3.85. The minimum atomic E-state index is -0.129. The van der Waals surface area contributed by atoms with Crippen LogP contribution in [0.25, 0.3) is 0 Å². The first kappa shape index (κ1) is 21.8. The monoisotopic (exact) mass is 430 g/mol. The van der Waals surface area contributed by atoms with Gasteiger partial charge in [0.1, 0.15) is 12.4 Å². The van der Waals surface area contributed by atoms with Gasteiger partial charge < -0.3 is 19.9 Å². The summed E-state index contributed by atoms with van der Waals surface area (Å²) < 4.78 is 5.77. The maximum atomic E-state index is 12.7. The summed E-state index contributed by atoms with van der Waals surface area (Å²) in [6, 6.07) is 17.3. The molecule has 2 aromatic carbocycles. The Hall–Kier alpha value is -3.38. The number of anilines is 2. The average molecular weight is 431 g/mol. The van der Waals surface area contributed by atoms with Crippen molar-refractivity contribution in [3.05, 3.63) is 83.7 Å². The van der Waals surface area contributed by atoms with Crippen molar-refractivity contribution in [3.63, 3.8) is 0 Å². The maximum Gasteiger partial charge on any atom is 0.255 e. The molecule has 0 spiro atoms. The molecular weight excluding hydrogens is 400 g/mol. The molecule has 6 nitrogen and oxygen atoms in total. The van der Waals surface area contributed by atoms with Crippen LogP contribution in [0.15, 0.2) is 67.0 Å². The number of pyridine rings is 1. The van der Waals surface area contributed by atoms with Gasteiger partial charge >= 0.3 is 0 Å². The molecule has 0 atom stereocenters. The first-order valence-corrected chi connectivity index (χ1v) is 11.1. The van der Waals surface area contributed by atoms with Crippen molar-refractivity contribution in [3.8, 4) is 5.75 Å². The molecule has 32 heavy (non-hydrogen) atoms. The Morgan fingerprint density at radius 1 is 1.06 bits per heavy atom. The Morgan fingerprint density at radius 2 is 1.84 bits per heavy atom. The topological polar surface area (TPSA) is 57.7 Å². The van der Waals surface area contributed by atoms with Gasteiger partial charge in [0.2, 0.25) is 0 Å². The van der Waals surface area contributed by atoms with Crippen molar-refractivity contribution in [2.24, 2.45) is 0 Å². The number of benzene rings is 2. The van der Waals surface area contributed by atoms with Gasteiger partial charge in [0, 0.05) is 61.1 Å². The smallest absolute Gasteiger partial charge is 0.255 e. The van der Waals surface area contributed by atoms with Gasteiger partial charge in [0.25, 0.3) is 5.91 Å². The van der Waals surface area contributed by atoms with Gasteiger partial charge in [0.15, 0.2) is 0 Å². The molecule has 1 amide bonds. The number of hydrogen-bond acceptors (Lipinski definition) is 5. The van der Waals surface area contributed by atoms with Crippen molar-refractivity contribution in [1.29, 1.82) is 0 Å². The van der Waals surface area contributed by atoms with Crippen LogP contribution >= 0.6 is 0 Å². The Kier molecular flexibility index (Phi) is 7.02. The van der Waals surface area contributed by atoms with E-state index in [9.17, 15) is 4.79 Å². The zero-order chi connectivity index (χ0) is 22.3. The molecule has 1 N–H and O–H groups in total. The number of aromatic nitrogens is 1. The van der Waals surface area contributed by atoms with E-state index in [0.29, 0.717) is 17.9 Å². The summed E-state index contributed by atoms with van der Waals surface area (Å²) in [6.45, 7) is 10.1. The van der Waals surface area contributed by atoms with Crippen LogP contribution in [0.5, 0.6) is 5.75 Å². The maximum absolute atomic E-state index is 12.7. The average Bonchev–Trinajstić information content (AvgIpc) is 2.85. The quantitative estimate of drug-likeness (QED) is 0.603. The third-order valence-corrected chi connectivity index (χ3v) is 5.89. The van der Waals surface area contributed by atoms with Crippen LogP contribution < -0.4 is 15.0 Å². The number of nitrogens with zero attached hydrogens (tertiary/aromatic N) is 3. The molecule has 166 valence electrons. The Balaban J connectivity index is 1.34. The third-order valence-electron chi connectivity index (χ3n) is 5.89. The van der Waals surface area contributed by atoms with Gasteiger partial charge in [-0.2, -0.15) is 0 Å². The fourth-order valence-corrected chi connectivity index (χ4v) is 3.85. The van der Waals surface area contributed by atoms with E-state index >= 15 is 0 Å². The van der Waals surface area contributed by atoms with Crippen molar-refractivity contribution < 1.29 is 9.53 Å². The summed E-state index contributed by atoms with van der Waals surface area (Å²) in [5.41, 5.74) is 4.71. The van der Waals surface area contributed by atoms with Crippen molar-refractivity contribution >= 4 is 17.3 Å². The largest absolute Gasteiger partial charge is 0.489 e. The zero-order valence-corrected chi connectivity index (χ0v) is 18.8. The number of carbonyl (C=O) groups excluding carboxylic acids is 1. The number of nitrogens with one attached hydrogen (secondary N) is 1. The number of rotatable bonds is 7. The molecule has 1 saturated heterocycles. The first-order chi connectivity index (χ1) is 15.6. The molecule has 3 aromatic rings. The number of piperazine rings is 1. The lowest BCUT2D eigenvalue weighted by Crippen LogP contribution is -2.46. The van der Waals surface area contributed by atoms with Crippen LogP contribution in [-0.4, -0.2) is 48.5 Å². The lowest BCUT2D eigenvalue weighted by Gasteiger charge is -2.35. The summed E-state index contributed by atoms with van der Waals surface area (Å²) >= 11 is 0. The van der Waals surface area contributed by atoms with E-state index < -0.39 is 0 Å². The van der Waals surface area contributed by atoms with Gasteiger partial charge in [-0.3, -0.25) is 9.78 Å². The summed E-state index contributed by atoms with van der Waals surface area (Å²) in [4.78, 5) is 21.7. The van der Waals surface area contributed by atoms with E-state index in [4.69, 9.17) is 4.74 Å². The van der Waals surface area contributed by atoms with E-state index in [1.165, 1.54) is 5.69 Å². The van der Waals surface area contributed by atoms with Gasteiger partial charge in [-0.15, -0.1) is 0 Å². The van der Waals surface area contributed by atoms with Crippen LogP contribution in [-0.2, 0) is 6.61 Å². The second-order valence-electron chi connectivity index (χ2n) is 8.05. The van der Waals surface area contributed by atoms with E-state index in [2.05, 4.69) is 39.2 Å². The summed E-state index contributed by atoms with van der Waals surface area (Å²) in [5, 5.41) is 3.04. The van der Waals surface area contributed by atoms with Gasteiger partial charge in [-0.1, -0.05) is 13.0 Å². The molecule has 0 saturated carbocycles. The molecule has 0 radical (unpaired) electrons. The molecule has 0 bridgehead atoms. The van der Waals surface area contributed by atoms with Crippen LogP contribution in [0.2, 0.25) is 0 Å². The van der Waals surface area contributed by atoms with Crippen LogP contribution in [0.3, 0.4) is 0 Å². The molecule has 0 unspecified atom stereocenters. The lowest BCUT2D eigenvalue weighted by molar-refractivity contribution is 0.102. The van der Waals surface area contributed by atoms with E-state index in [0.717, 1.165) is 49.5 Å². The number of likely N-dealkylation sites (N-methyl/N-ethyl adjacent to an activating group) is 1. The normalized spacial score (nSPS) is 14.2. The van der Waals surface area contributed by atoms with E-state index in [1.54, 1.807) is 24.5 Å². The number of aryl methyl sites for hydroxylation is 1. The second kappa shape index (κ2) is 10.3. The van der Waals surface area contributed by atoms with Gasteiger partial charge in [-0.25, -0.2) is 0 Å². The molecule has 1 aliphatic heterocycles. The first-order valence-electron chi connectivity index (χ1n) is 11.1. The Morgan fingerprint density at radius 3 is 2.50 bits per heavy atom. The molecule has 0 aliphatic carbocycles. The Labute approximate surface area is 189 Å². The number of hydrogen-bond donors (Lipinski definition) is 1. The van der Waals surface area contributed by atoms with Gasteiger partial charge in [0.05, 0.1) is 0 Å². The predicted octanol–water partition coefficient (Wildman–Crippen LogP) is 4.36. The minimum absolute atomic E-state index is 0.129. The van der Waals surface area contributed by atoms with E-state index in [-0.39, 0.29) is 5.91 Å². The second-order valence-corrected chi connectivity index (χ2v) is 8.05. The summed E-state index contributed by atoms with van der Waals surface area (Å²) in [5.74, 6) is 0.588. The third kappa shape index (κ3) is 5.45.